The molecule has 1 amide bonds. The van der Waals surface area contributed by atoms with Crippen molar-refractivity contribution in [1.82, 2.24) is 15.5 Å². The van der Waals surface area contributed by atoms with E-state index in [-0.39, 0.29) is 22.7 Å². The molecule has 0 aliphatic heterocycles. The molecule has 0 unspecified atom stereocenters. The summed E-state index contributed by atoms with van der Waals surface area (Å²) in [5.74, 6) is -0.740. The Hall–Kier alpha value is -3.43. The maximum absolute atomic E-state index is 12.4. The SMILES string of the molecule is Cc1noc2nc(-c3cccc([N+](=O)[O-])c3)cc(C(=O)NCC(F)F)c12. The average molecular weight is 362 g/mol. The average Bonchev–Trinajstić information content (AvgIpc) is 3.00. The largest absolute Gasteiger partial charge is 0.346 e. The molecule has 2 aromatic heterocycles. The van der Waals surface area contributed by atoms with Crippen LogP contribution in [0.5, 0.6) is 0 Å². The lowest BCUT2D eigenvalue weighted by atomic mass is 10.0. The normalized spacial score (nSPS) is 11.1. The Balaban J connectivity index is 2.12. The van der Waals surface area contributed by atoms with Crippen LogP contribution in [0.4, 0.5) is 14.5 Å². The van der Waals surface area contributed by atoms with Gasteiger partial charge in [-0.3, -0.25) is 14.9 Å². The second-order valence-electron chi connectivity index (χ2n) is 5.41. The number of halogens is 2. The van der Waals surface area contributed by atoms with E-state index in [9.17, 15) is 23.7 Å². The van der Waals surface area contributed by atoms with E-state index in [1.165, 1.54) is 24.3 Å². The van der Waals surface area contributed by atoms with Gasteiger partial charge in [0.05, 0.1) is 33.8 Å². The van der Waals surface area contributed by atoms with Gasteiger partial charge in [-0.25, -0.2) is 13.8 Å². The summed E-state index contributed by atoms with van der Waals surface area (Å²) >= 11 is 0. The summed E-state index contributed by atoms with van der Waals surface area (Å²) in [5.41, 5.74) is 0.907. The molecule has 0 saturated heterocycles. The molecule has 0 radical (unpaired) electrons. The number of alkyl halides is 2. The summed E-state index contributed by atoms with van der Waals surface area (Å²) in [6, 6.07) is 7.02. The minimum absolute atomic E-state index is 0.0358. The Bertz CT molecular complexity index is 1000. The Morgan fingerprint density at radius 2 is 2.15 bits per heavy atom. The van der Waals surface area contributed by atoms with Crippen molar-refractivity contribution in [2.24, 2.45) is 0 Å². The number of nitrogens with one attached hydrogen (secondary N) is 1. The topological polar surface area (TPSA) is 111 Å². The van der Waals surface area contributed by atoms with Crippen LogP contribution in [0.2, 0.25) is 0 Å². The van der Waals surface area contributed by atoms with E-state index in [1.807, 2.05) is 0 Å². The standard InChI is InChI=1S/C16H12F2N4O4/c1-8-14-11(15(23)19-7-13(17)18)6-12(20-16(14)26-21-8)9-3-2-4-10(5-9)22(24)25/h2-6,13H,7H2,1H3,(H,19,23). The van der Waals surface area contributed by atoms with Crippen LogP contribution in [0.15, 0.2) is 34.9 Å². The predicted octanol–water partition coefficient (Wildman–Crippen LogP) is 3.10. The van der Waals surface area contributed by atoms with E-state index in [1.54, 1.807) is 13.0 Å². The number of nitrogens with zero attached hydrogens (tertiary/aromatic N) is 3. The number of benzene rings is 1. The van der Waals surface area contributed by atoms with Crippen molar-refractivity contribution in [3.63, 3.8) is 0 Å². The van der Waals surface area contributed by atoms with Gasteiger partial charge >= 0.3 is 0 Å². The Morgan fingerprint density at radius 1 is 1.38 bits per heavy atom. The van der Waals surface area contributed by atoms with Crippen molar-refractivity contribution >= 4 is 22.7 Å². The highest BCUT2D eigenvalue weighted by Crippen LogP contribution is 2.28. The quantitative estimate of drug-likeness (QED) is 0.551. The van der Waals surface area contributed by atoms with Crippen LogP contribution in [0.1, 0.15) is 16.1 Å². The van der Waals surface area contributed by atoms with Gasteiger partial charge in [-0.15, -0.1) is 0 Å². The first-order valence-electron chi connectivity index (χ1n) is 7.45. The number of non-ortho nitro benzene ring substituents is 1. The van der Waals surface area contributed by atoms with Crippen molar-refractivity contribution in [2.75, 3.05) is 6.54 Å². The molecule has 3 rings (SSSR count). The number of carbonyl (C=O) groups excluding carboxylic acids is 1. The van der Waals surface area contributed by atoms with Crippen molar-refractivity contribution in [2.45, 2.75) is 13.3 Å². The fourth-order valence-corrected chi connectivity index (χ4v) is 2.47. The summed E-state index contributed by atoms with van der Waals surface area (Å²) in [5, 5.41) is 17.1. The molecule has 8 nitrogen and oxygen atoms in total. The number of hydrogen-bond acceptors (Lipinski definition) is 6. The van der Waals surface area contributed by atoms with Crippen LogP contribution < -0.4 is 5.32 Å². The van der Waals surface area contributed by atoms with Gasteiger partial charge in [-0.1, -0.05) is 17.3 Å². The number of rotatable bonds is 5. The summed E-state index contributed by atoms with van der Waals surface area (Å²) in [4.78, 5) is 26.9. The third kappa shape index (κ3) is 3.34. The van der Waals surface area contributed by atoms with Crippen molar-refractivity contribution in [3.05, 3.63) is 51.7 Å². The van der Waals surface area contributed by atoms with Gasteiger partial charge in [0.1, 0.15) is 0 Å². The van der Waals surface area contributed by atoms with Gasteiger partial charge in [0.25, 0.3) is 23.7 Å². The third-order valence-corrected chi connectivity index (χ3v) is 3.63. The maximum Gasteiger partial charge on any atom is 0.270 e. The lowest BCUT2D eigenvalue weighted by Gasteiger charge is -2.08. The molecule has 10 heteroatoms. The fourth-order valence-electron chi connectivity index (χ4n) is 2.47. The zero-order valence-corrected chi connectivity index (χ0v) is 13.4. The summed E-state index contributed by atoms with van der Waals surface area (Å²) in [6.07, 6.45) is -2.70. The van der Waals surface area contributed by atoms with E-state index < -0.39 is 23.8 Å². The van der Waals surface area contributed by atoms with Gasteiger partial charge in [0, 0.05) is 17.7 Å². The molecule has 0 aliphatic carbocycles. The van der Waals surface area contributed by atoms with E-state index in [0.29, 0.717) is 16.6 Å². The first kappa shape index (κ1) is 17.4. The molecular weight excluding hydrogens is 350 g/mol. The molecule has 0 fully saturated rings. The first-order chi connectivity index (χ1) is 12.4. The number of carbonyl (C=O) groups is 1. The Morgan fingerprint density at radius 3 is 2.85 bits per heavy atom. The van der Waals surface area contributed by atoms with Crippen LogP contribution in [-0.2, 0) is 0 Å². The van der Waals surface area contributed by atoms with Crippen LogP contribution in [0.25, 0.3) is 22.4 Å². The van der Waals surface area contributed by atoms with Crippen molar-refractivity contribution < 1.29 is 23.0 Å². The van der Waals surface area contributed by atoms with E-state index in [4.69, 9.17) is 4.52 Å². The molecule has 2 heterocycles. The summed E-state index contributed by atoms with van der Waals surface area (Å²) < 4.78 is 29.9. The zero-order valence-electron chi connectivity index (χ0n) is 13.4. The molecule has 0 aliphatic rings. The predicted molar refractivity (Wildman–Crippen MR) is 87.0 cm³/mol. The number of aryl methyl sites for hydroxylation is 1. The number of aromatic nitrogens is 2. The highest BCUT2D eigenvalue weighted by Gasteiger charge is 2.20. The smallest absolute Gasteiger partial charge is 0.270 e. The van der Waals surface area contributed by atoms with Crippen LogP contribution in [-0.4, -0.2) is 33.9 Å². The Labute approximate surface area is 145 Å². The lowest BCUT2D eigenvalue weighted by molar-refractivity contribution is -0.384. The number of pyridine rings is 1. The van der Waals surface area contributed by atoms with E-state index in [0.717, 1.165) is 0 Å². The lowest BCUT2D eigenvalue weighted by Crippen LogP contribution is -2.28. The first-order valence-corrected chi connectivity index (χ1v) is 7.45. The second-order valence-corrected chi connectivity index (χ2v) is 5.41. The molecular formula is C16H12F2N4O4. The maximum atomic E-state index is 12.4. The highest BCUT2D eigenvalue weighted by molar-refractivity contribution is 6.07. The molecule has 1 aromatic carbocycles. The monoisotopic (exact) mass is 362 g/mol. The summed E-state index contributed by atoms with van der Waals surface area (Å²) in [7, 11) is 0. The van der Waals surface area contributed by atoms with Gasteiger partial charge in [0.15, 0.2) is 0 Å². The number of fused-ring (bicyclic) bond motifs is 1. The minimum atomic E-state index is -2.70. The van der Waals surface area contributed by atoms with Gasteiger partial charge < -0.3 is 9.84 Å². The van der Waals surface area contributed by atoms with E-state index >= 15 is 0 Å². The van der Waals surface area contributed by atoms with Gasteiger partial charge in [-0.05, 0) is 13.0 Å². The highest BCUT2D eigenvalue weighted by atomic mass is 19.3. The van der Waals surface area contributed by atoms with Crippen LogP contribution in [0, 0.1) is 17.0 Å². The van der Waals surface area contributed by atoms with Crippen LogP contribution >= 0.6 is 0 Å². The Kier molecular flexibility index (Phi) is 4.57. The summed E-state index contributed by atoms with van der Waals surface area (Å²) in [6.45, 7) is 0.781. The number of nitro groups is 1. The van der Waals surface area contributed by atoms with Crippen molar-refractivity contribution in [1.29, 1.82) is 0 Å². The van der Waals surface area contributed by atoms with Crippen LogP contribution in [0.3, 0.4) is 0 Å². The molecule has 1 N–H and O–H groups in total. The molecule has 0 spiro atoms. The molecule has 26 heavy (non-hydrogen) atoms. The number of nitro benzene ring substituents is 1. The second kappa shape index (κ2) is 6.82. The molecule has 0 bridgehead atoms. The molecule has 3 aromatic rings. The van der Waals surface area contributed by atoms with Gasteiger partial charge in [-0.2, -0.15) is 0 Å². The molecule has 0 saturated carbocycles. The van der Waals surface area contributed by atoms with Crippen molar-refractivity contribution in [3.8, 4) is 11.3 Å². The molecule has 0 atom stereocenters. The fraction of sp³-hybridized carbons (Fsp3) is 0.188. The third-order valence-electron chi connectivity index (χ3n) is 3.63. The number of amides is 1. The van der Waals surface area contributed by atoms with Gasteiger partial charge in [0.2, 0.25) is 0 Å². The zero-order chi connectivity index (χ0) is 18.8. The molecule has 134 valence electrons. The minimum Gasteiger partial charge on any atom is -0.346 e. The van der Waals surface area contributed by atoms with E-state index in [2.05, 4.69) is 15.5 Å². The number of hydrogen-bond donors (Lipinski definition) is 1.